The standard InChI is InChI=1S/C13H24N4O2/c1-4-5-6-19-11-7-10(16-9(2)3)12(15-8-18)13(14)17-11/h7-9,11,16-17H,4-6,14H2,1-3H3,(H,15,18). The molecule has 0 fully saturated rings. The smallest absolute Gasteiger partial charge is 0.211 e. The van der Waals surface area contributed by atoms with Crippen molar-refractivity contribution >= 4 is 6.41 Å². The molecule has 0 radical (unpaired) electrons. The summed E-state index contributed by atoms with van der Waals surface area (Å²) in [5, 5.41) is 8.86. The number of ether oxygens (including phenoxy) is 1. The Labute approximate surface area is 114 Å². The maximum Gasteiger partial charge on any atom is 0.211 e. The van der Waals surface area contributed by atoms with Crippen LogP contribution in [0.3, 0.4) is 0 Å². The zero-order valence-electron chi connectivity index (χ0n) is 11.8. The minimum absolute atomic E-state index is 0.233. The summed E-state index contributed by atoms with van der Waals surface area (Å²) < 4.78 is 5.67. The normalized spacial score (nSPS) is 18.9. The molecule has 0 spiro atoms. The van der Waals surface area contributed by atoms with Crippen LogP contribution in [0.15, 0.2) is 23.3 Å². The third kappa shape index (κ3) is 4.82. The lowest BCUT2D eigenvalue weighted by atomic mass is 10.2. The number of dihydropyridines is 1. The topological polar surface area (TPSA) is 88.4 Å². The molecular weight excluding hydrogens is 244 g/mol. The molecule has 0 aromatic rings. The molecule has 1 atom stereocenters. The van der Waals surface area contributed by atoms with Crippen LogP contribution in [-0.2, 0) is 9.53 Å². The van der Waals surface area contributed by atoms with E-state index in [0.29, 0.717) is 24.5 Å². The lowest BCUT2D eigenvalue weighted by Crippen LogP contribution is -2.43. The maximum atomic E-state index is 10.6. The second-order valence-electron chi connectivity index (χ2n) is 4.72. The minimum Gasteiger partial charge on any atom is -0.384 e. The van der Waals surface area contributed by atoms with Crippen LogP contribution in [0.5, 0.6) is 0 Å². The average molecular weight is 268 g/mol. The van der Waals surface area contributed by atoms with Crippen molar-refractivity contribution in [2.45, 2.75) is 45.9 Å². The van der Waals surface area contributed by atoms with Gasteiger partial charge in [0.15, 0.2) is 0 Å². The molecule has 6 heteroatoms. The Kier molecular flexibility index (Phi) is 6.21. The summed E-state index contributed by atoms with van der Waals surface area (Å²) in [4.78, 5) is 10.6. The summed E-state index contributed by atoms with van der Waals surface area (Å²) in [6, 6.07) is 0.233. The van der Waals surface area contributed by atoms with Gasteiger partial charge in [-0.3, -0.25) is 4.79 Å². The van der Waals surface area contributed by atoms with Crippen molar-refractivity contribution in [1.29, 1.82) is 0 Å². The molecule has 6 nitrogen and oxygen atoms in total. The number of hydrogen-bond donors (Lipinski definition) is 4. The number of carbonyl (C=O) groups excluding carboxylic acids is 1. The van der Waals surface area contributed by atoms with Crippen molar-refractivity contribution < 1.29 is 9.53 Å². The lowest BCUT2D eigenvalue weighted by molar-refractivity contribution is -0.108. The predicted octanol–water partition coefficient (Wildman–Crippen LogP) is 0.488. The van der Waals surface area contributed by atoms with Gasteiger partial charge in [0.25, 0.3) is 0 Å². The third-order valence-electron chi connectivity index (χ3n) is 2.60. The van der Waals surface area contributed by atoms with Gasteiger partial charge in [-0.1, -0.05) is 13.3 Å². The first-order valence-corrected chi connectivity index (χ1v) is 6.65. The largest absolute Gasteiger partial charge is 0.384 e. The molecule has 1 rings (SSSR count). The van der Waals surface area contributed by atoms with Crippen LogP contribution < -0.4 is 21.7 Å². The highest BCUT2D eigenvalue weighted by molar-refractivity contribution is 5.55. The Morgan fingerprint density at radius 2 is 2.32 bits per heavy atom. The molecule has 1 heterocycles. The number of nitrogens with two attached hydrogens (primary N) is 1. The molecule has 1 aliphatic rings. The van der Waals surface area contributed by atoms with Gasteiger partial charge in [-0.2, -0.15) is 0 Å². The molecular formula is C13H24N4O2. The lowest BCUT2D eigenvalue weighted by Gasteiger charge is -2.28. The minimum atomic E-state index is -0.273. The van der Waals surface area contributed by atoms with E-state index in [9.17, 15) is 4.79 Å². The molecule has 1 amide bonds. The van der Waals surface area contributed by atoms with E-state index in [1.165, 1.54) is 0 Å². The molecule has 19 heavy (non-hydrogen) atoms. The Hall–Kier alpha value is -1.69. The van der Waals surface area contributed by atoms with E-state index in [4.69, 9.17) is 10.5 Å². The molecule has 0 saturated carbocycles. The van der Waals surface area contributed by atoms with E-state index < -0.39 is 0 Å². The average Bonchev–Trinajstić information content (AvgIpc) is 2.33. The summed E-state index contributed by atoms with van der Waals surface area (Å²) in [5.74, 6) is 0.402. The molecule has 0 saturated heterocycles. The summed E-state index contributed by atoms with van der Waals surface area (Å²) in [6.45, 7) is 6.82. The van der Waals surface area contributed by atoms with Crippen molar-refractivity contribution in [2.24, 2.45) is 5.73 Å². The maximum absolute atomic E-state index is 10.6. The molecule has 1 aliphatic heterocycles. The molecule has 0 bridgehead atoms. The summed E-state index contributed by atoms with van der Waals surface area (Å²) in [6.07, 6.45) is 4.30. The van der Waals surface area contributed by atoms with Crippen LogP contribution >= 0.6 is 0 Å². The summed E-state index contributed by atoms with van der Waals surface area (Å²) in [5.41, 5.74) is 7.24. The monoisotopic (exact) mass is 268 g/mol. The Morgan fingerprint density at radius 3 is 2.89 bits per heavy atom. The van der Waals surface area contributed by atoms with E-state index >= 15 is 0 Å². The highest BCUT2D eigenvalue weighted by Crippen LogP contribution is 2.14. The van der Waals surface area contributed by atoms with E-state index in [0.717, 1.165) is 18.5 Å². The Morgan fingerprint density at radius 1 is 1.58 bits per heavy atom. The van der Waals surface area contributed by atoms with Gasteiger partial charge in [0, 0.05) is 12.6 Å². The quantitative estimate of drug-likeness (QED) is 0.380. The van der Waals surface area contributed by atoms with E-state index in [2.05, 4.69) is 22.9 Å². The second kappa shape index (κ2) is 7.68. The fourth-order valence-electron chi connectivity index (χ4n) is 1.74. The number of unbranched alkanes of at least 4 members (excludes halogenated alkanes) is 1. The summed E-state index contributed by atoms with van der Waals surface area (Å²) >= 11 is 0. The molecule has 5 N–H and O–H groups in total. The first-order chi connectivity index (χ1) is 9.08. The number of hydrogen-bond acceptors (Lipinski definition) is 5. The van der Waals surface area contributed by atoms with Gasteiger partial charge in [-0.25, -0.2) is 0 Å². The van der Waals surface area contributed by atoms with Gasteiger partial charge in [-0.15, -0.1) is 0 Å². The van der Waals surface area contributed by atoms with Gasteiger partial charge in [-0.05, 0) is 26.3 Å². The van der Waals surface area contributed by atoms with Crippen molar-refractivity contribution in [1.82, 2.24) is 16.0 Å². The van der Waals surface area contributed by atoms with Crippen LogP contribution in [0.2, 0.25) is 0 Å². The van der Waals surface area contributed by atoms with Crippen LogP contribution in [0.1, 0.15) is 33.6 Å². The van der Waals surface area contributed by atoms with Crippen LogP contribution in [-0.4, -0.2) is 25.3 Å². The molecule has 0 aromatic carbocycles. The van der Waals surface area contributed by atoms with Gasteiger partial charge in [0.1, 0.15) is 17.7 Å². The van der Waals surface area contributed by atoms with E-state index in [-0.39, 0.29) is 12.3 Å². The highest BCUT2D eigenvalue weighted by Gasteiger charge is 2.20. The molecule has 0 aromatic heterocycles. The fourth-order valence-corrected chi connectivity index (χ4v) is 1.74. The highest BCUT2D eigenvalue weighted by atomic mass is 16.5. The van der Waals surface area contributed by atoms with Gasteiger partial charge < -0.3 is 26.4 Å². The third-order valence-corrected chi connectivity index (χ3v) is 2.60. The molecule has 0 aliphatic carbocycles. The van der Waals surface area contributed by atoms with Crippen LogP contribution in [0.25, 0.3) is 0 Å². The number of nitrogens with one attached hydrogen (secondary N) is 3. The van der Waals surface area contributed by atoms with Gasteiger partial charge in [0.2, 0.25) is 6.41 Å². The number of amides is 1. The first-order valence-electron chi connectivity index (χ1n) is 6.65. The summed E-state index contributed by atoms with van der Waals surface area (Å²) in [7, 11) is 0. The number of carbonyl (C=O) groups is 1. The molecule has 1 unspecified atom stereocenters. The zero-order valence-corrected chi connectivity index (χ0v) is 11.8. The van der Waals surface area contributed by atoms with Gasteiger partial charge >= 0.3 is 0 Å². The van der Waals surface area contributed by atoms with E-state index in [1.54, 1.807) is 0 Å². The van der Waals surface area contributed by atoms with Crippen molar-refractivity contribution in [3.05, 3.63) is 23.3 Å². The Bertz CT molecular complexity index is 364. The number of rotatable bonds is 8. The van der Waals surface area contributed by atoms with Gasteiger partial charge in [0.05, 0.1) is 5.70 Å². The second-order valence-corrected chi connectivity index (χ2v) is 4.72. The van der Waals surface area contributed by atoms with Crippen LogP contribution in [0.4, 0.5) is 0 Å². The Balaban J connectivity index is 2.76. The van der Waals surface area contributed by atoms with Crippen molar-refractivity contribution in [3.8, 4) is 0 Å². The first kappa shape index (κ1) is 15.4. The fraction of sp³-hybridized carbons (Fsp3) is 0.615. The van der Waals surface area contributed by atoms with E-state index in [1.807, 2.05) is 19.9 Å². The predicted molar refractivity (Wildman–Crippen MR) is 74.6 cm³/mol. The van der Waals surface area contributed by atoms with Crippen LogP contribution in [0, 0.1) is 0 Å². The zero-order chi connectivity index (χ0) is 14.3. The SMILES string of the molecule is CCCCOC1C=C(NC(C)C)C(NC=O)=C(N)N1. The van der Waals surface area contributed by atoms with Crippen molar-refractivity contribution in [3.63, 3.8) is 0 Å². The molecule has 108 valence electrons. The van der Waals surface area contributed by atoms with Crippen molar-refractivity contribution in [2.75, 3.05) is 6.61 Å².